The lowest BCUT2D eigenvalue weighted by Gasteiger charge is -2.49. The third kappa shape index (κ3) is 3.18. The molecule has 2 saturated heterocycles. The van der Waals surface area contributed by atoms with Crippen LogP contribution >= 0.6 is 0 Å². The summed E-state index contributed by atoms with van der Waals surface area (Å²) in [6, 6.07) is 7.07. The number of sulfonamides is 1. The van der Waals surface area contributed by atoms with Gasteiger partial charge < -0.3 is 9.47 Å². The van der Waals surface area contributed by atoms with Crippen molar-refractivity contribution in [2.75, 3.05) is 33.4 Å². The molecule has 0 saturated carbocycles. The smallest absolute Gasteiger partial charge is 0.243 e. The van der Waals surface area contributed by atoms with E-state index in [0.29, 0.717) is 24.6 Å². The predicted molar refractivity (Wildman–Crippen MR) is 87.8 cm³/mol. The van der Waals surface area contributed by atoms with E-state index in [-0.39, 0.29) is 11.5 Å². The van der Waals surface area contributed by atoms with E-state index in [1.165, 1.54) is 0 Å². The second-order valence-electron chi connectivity index (χ2n) is 6.70. The molecule has 0 aliphatic carbocycles. The quantitative estimate of drug-likeness (QED) is 0.844. The molecule has 0 N–H and O–H groups in total. The zero-order chi connectivity index (χ0) is 16.5. The van der Waals surface area contributed by atoms with Crippen molar-refractivity contribution in [1.29, 1.82) is 0 Å². The standard InChI is InChI=1S/C17H25NO4S/c1-14-4-6-15(7-5-14)23(19,20)18-10-8-16-17(12-18,13-21-2)9-3-11-22-16/h4-7,16H,3,8-13H2,1-2H3/t16-,17+/m1/s1. The third-order valence-corrected chi connectivity index (χ3v) is 6.90. The molecular weight excluding hydrogens is 314 g/mol. The summed E-state index contributed by atoms with van der Waals surface area (Å²) >= 11 is 0. The van der Waals surface area contributed by atoms with Crippen molar-refractivity contribution in [3.63, 3.8) is 0 Å². The molecule has 2 atom stereocenters. The maximum absolute atomic E-state index is 13.0. The van der Waals surface area contributed by atoms with Crippen molar-refractivity contribution in [2.24, 2.45) is 5.41 Å². The Morgan fingerprint density at radius 1 is 1.35 bits per heavy atom. The van der Waals surface area contributed by atoms with Crippen molar-refractivity contribution in [3.8, 4) is 0 Å². The lowest BCUT2D eigenvalue weighted by molar-refractivity contribution is -0.137. The molecule has 0 aromatic heterocycles. The Balaban J connectivity index is 1.87. The minimum atomic E-state index is -3.46. The summed E-state index contributed by atoms with van der Waals surface area (Å²) in [7, 11) is -1.79. The SMILES string of the molecule is COC[C@@]12CCCO[C@@H]1CCN(S(=O)(=O)c1ccc(C)cc1)C2. The average Bonchev–Trinajstić information content (AvgIpc) is 2.55. The molecule has 2 aliphatic heterocycles. The van der Waals surface area contributed by atoms with Crippen LogP contribution in [0.5, 0.6) is 0 Å². The molecule has 1 aromatic rings. The van der Waals surface area contributed by atoms with E-state index >= 15 is 0 Å². The summed E-state index contributed by atoms with van der Waals surface area (Å²) in [4.78, 5) is 0.367. The number of rotatable bonds is 4. The first-order valence-electron chi connectivity index (χ1n) is 8.15. The summed E-state index contributed by atoms with van der Waals surface area (Å²) < 4.78 is 38.9. The molecular formula is C17H25NO4S. The fourth-order valence-electron chi connectivity index (χ4n) is 3.81. The molecule has 0 bridgehead atoms. The van der Waals surface area contributed by atoms with Crippen LogP contribution in [0.25, 0.3) is 0 Å². The van der Waals surface area contributed by atoms with Gasteiger partial charge in [0.2, 0.25) is 10.0 Å². The van der Waals surface area contributed by atoms with E-state index in [2.05, 4.69) is 0 Å². The molecule has 2 aliphatic rings. The molecule has 3 rings (SSSR count). The summed E-state index contributed by atoms with van der Waals surface area (Å²) in [6.07, 6.45) is 2.73. The number of hydrogen-bond donors (Lipinski definition) is 0. The highest BCUT2D eigenvalue weighted by Gasteiger charge is 2.48. The first-order chi connectivity index (χ1) is 11.0. The van der Waals surface area contributed by atoms with E-state index in [1.54, 1.807) is 23.5 Å². The van der Waals surface area contributed by atoms with Gasteiger partial charge in [-0.3, -0.25) is 0 Å². The van der Waals surface area contributed by atoms with Gasteiger partial charge in [-0.2, -0.15) is 4.31 Å². The topological polar surface area (TPSA) is 55.8 Å². The largest absolute Gasteiger partial charge is 0.384 e. The number of piperidine rings is 1. The second-order valence-corrected chi connectivity index (χ2v) is 8.64. The summed E-state index contributed by atoms with van der Waals surface area (Å²) in [5.74, 6) is 0. The minimum absolute atomic E-state index is 0.0978. The molecule has 2 fully saturated rings. The van der Waals surface area contributed by atoms with Crippen LogP contribution in [-0.2, 0) is 19.5 Å². The number of hydrogen-bond acceptors (Lipinski definition) is 4. The van der Waals surface area contributed by atoms with E-state index in [4.69, 9.17) is 9.47 Å². The monoisotopic (exact) mass is 339 g/mol. The molecule has 0 spiro atoms. The van der Waals surface area contributed by atoms with Gasteiger partial charge in [0.1, 0.15) is 0 Å². The fourth-order valence-corrected chi connectivity index (χ4v) is 5.36. The highest BCUT2D eigenvalue weighted by Crippen LogP contribution is 2.41. The van der Waals surface area contributed by atoms with Crippen LogP contribution in [0.1, 0.15) is 24.8 Å². The van der Waals surface area contributed by atoms with Crippen LogP contribution < -0.4 is 0 Å². The third-order valence-electron chi connectivity index (χ3n) is 5.04. The highest BCUT2D eigenvalue weighted by molar-refractivity contribution is 7.89. The second kappa shape index (κ2) is 6.51. The lowest BCUT2D eigenvalue weighted by Crippen LogP contribution is -2.57. The Hall–Kier alpha value is -0.950. The molecule has 23 heavy (non-hydrogen) atoms. The number of nitrogens with zero attached hydrogens (tertiary/aromatic N) is 1. The van der Waals surface area contributed by atoms with E-state index in [0.717, 1.165) is 31.4 Å². The van der Waals surface area contributed by atoms with Crippen LogP contribution in [0.4, 0.5) is 0 Å². The van der Waals surface area contributed by atoms with Gasteiger partial charge in [0.15, 0.2) is 0 Å². The van der Waals surface area contributed by atoms with Gasteiger partial charge >= 0.3 is 0 Å². The van der Waals surface area contributed by atoms with Crippen molar-refractivity contribution in [2.45, 2.75) is 37.2 Å². The Bertz CT molecular complexity index is 639. The lowest BCUT2D eigenvalue weighted by atomic mass is 9.73. The van der Waals surface area contributed by atoms with Gasteiger partial charge in [-0.05, 0) is 38.3 Å². The minimum Gasteiger partial charge on any atom is -0.384 e. The zero-order valence-corrected chi connectivity index (χ0v) is 14.6. The highest BCUT2D eigenvalue weighted by atomic mass is 32.2. The molecule has 128 valence electrons. The number of benzene rings is 1. The summed E-state index contributed by atoms with van der Waals surface area (Å²) in [5, 5.41) is 0. The van der Waals surface area contributed by atoms with E-state index < -0.39 is 10.0 Å². The number of ether oxygens (including phenoxy) is 2. The van der Waals surface area contributed by atoms with E-state index in [1.807, 2.05) is 19.1 Å². The normalized spacial score (nSPS) is 29.2. The van der Waals surface area contributed by atoms with Gasteiger partial charge in [0, 0.05) is 32.2 Å². The Kier molecular flexibility index (Phi) is 4.78. The maximum Gasteiger partial charge on any atom is 0.243 e. The summed E-state index contributed by atoms with van der Waals surface area (Å²) in [6.45, 7) is 4.24. The molecule has 5 nitrogen and oxygen atoms in total. The van der Waals surface area contributed by atoms with E-state index in [9.17, 15) is 8.42 Å². The zero-order valence-electron chi connectivity index (χ0n) is 13.8. The number of aryl methyl sites for hydroxylation is 1. The molecule has 0 radical (unpaired) electrons. The van der Waals surface area contributed by atoms with Crippen LogP contribution in [0.3, 0.4) is 0 Å². The fraction of sp³-hybridized carbons (Fsp3) is 0.647. The number of methoxy groups -OCH3 is 1. The van der Waals surface area contributed by atoms with Crippen molar-refractivity contribution >= 4 is 10.0 Å². The van der Waals surface area contributed by atoms with Gasteiger partial charge in [0.05, 0.1) is 17.6 Å². The van der Waals surface area contributed by atoms with Gasteiger partial charge in [-0.15, -0.1) is 0 Å². The molecule has 1 aromatic carbocycles. The Morgan fingerprint density at radius 3 is 2.78 bits per heavy atom. The van der Waals surface area contributed by atoms with Crippen molar-refractivity contribution in [1.82, 2.24) is 4.31 Å². The summed E-state index contributed by atoms with van der Waals surface area (Å²) in [5.41, 5.74) is 0.836. The Morgan fingerprint density at radius 2 is 2.09 bits per heavy atom. The maximum atomic E-state index is 13.0. The molecule has 6 heteroatoms. The first-order valence-corrected chi connectivity index (χ1v) is 9.59. The van der Waals surface area contributed by atoms with Crippen LogP contribution in [0.15, 0.2) is 29.2 Å². The van der Waals surface area contributed by atoms with Crippen LogP contribution in [0, 0.1) is 12.3 Å². The van der Waals surface area contributed by atoms with Gasteiger partial charge in [-0.25, -0.2) is 8.42 Å². The molecule has 0 unspecified atom stereocenters. The number of fused-ring (bicyclic) bond motifs is 1. The predicted octanol–water partition coefficient (Wildman–Crippen LogP) is 2.20. The van der Waals surface area contributed by atoms with Gasteiger partial charge in [-0.1, -0.05) is 17.7 Å². The van der Waals surface area contributed by atoms with Crippen molar-refractivity contribution < 1.29 is 17.9 Å². The average molecular weight is 339 g/mol. The first kappa shape index (κ1) is 16.9. The molecule has 0 amide bonds. The van der Waals surface area contributed by atoms with Crippen LogP contribution in [-0.4, -0.2) is 52.2 Å². The van der Waals surface area contributed by atoms with Crippen LogP contribution in [0.2, 0.25) is 0 Å². The molecule has 2 heterocycles. The van der Waals surface area contributed by atoms with Crippen molar-refractivity contribution in [3.05, 3.63) is 29.8 Å². The Labute approximate surface area is 138 Å². The van der Waals surface area contributed by atoms with Gasteiger partial charge in [0.25, 0.3) is 0 Å².